The predicted molar refractivity (Wildman–Crippen MR) is 78.1 cm³/mol. The molecule has 1 atom stereocenters. The Morgan fingerprint density at radius 3 is 3.00 bits per heavy atom. The zero-order chi connectivity index (χ0) is 13.8. The van der Waals surface area contributed by atoms with Crippen LogP contribution >= 0.6 is 27.5 Å². The van der Waals surface area contributed by atoms with Crippen molar-refractivity contribution in [3.63, 3.8) is 0 Å². The molecule has 2 nitrogen and oxygen atoms in total. The third-order valence-corrected chi connectivity index (χ3v) is 4.54. The Kier molecular flexibility index (Phi) is 5.22. The maximum Gasteiger partial charge on any atom is 0.255 e. The second kappa shape index (κ2) is 6.71. The van der Waals surface area contributed by atoms with Crippen LogP contribution in [0.25, 0.3) is 0 Å². The summed E-state index contributed by atoms with van der Waals surface area (Å²) in [6.45, 7) is 0.726. The molecule has 104 valence electrons. The maximum atomic E-state index is 13.5. The molecule has 1 aliphatic rings. The second-order valence-electron chi connectivity index (χ2n) is 4.73. The van der Waals surface area contributed by atoms with Gasteiger partial charge < -0.3 is 4.90 Å². The van der Waals surface area contributed by atoms with E-state index >= 15 is 0 Å². The first-order valence-electron chi connectivity index (χ1n) is 6.46. The van der Waals surface area contributed by atoms with Crippen molar-refractivity contribution in [2.24, 2.45) is 0 Å². The molecule has 1 aromatic carbocycles. The lowest BCUT2D eigenvalue weighted by molar-refractivity contribution is 0.0607. The van der Waals surface area contributed by atoms with Gasteiger partial charge in [-0.25, -0.2) is 4.39 Å². The molecule has 0 aliphatic carbocycles. The summed E-state index contributed by atoms with van der Waals surface area (Å²) in [5.74, 6) is 0.0247. The first kappa shape index (κ1) is 14.8. The monoisotopic (exact) mass is 347 g/mol. The average Bonchev–Trinajstić information content (AvgIpc) is 2.42. The zero-order valence-electron chi connectivity index (χ0n) is 10.5. The summed E-state index contributed by atoms with van der Waals surface area (Å²) < 4.78 is 13.8. The van der Waals surface area contributed by atoms with Crippen molar-refractivity contribution >= 4 is 33.4 Å². The van der Waals surface area contributed by atoms with Crippen molar-refractivity contribution in [3.05, 3.63) is 34.1 Å². The number of hydrogen-bond acceptors (Lipinski definition) is 1. The first-order chi connectivity index (χ1) is 9.15. The summed E-state index contributed by atoms with van der Waals surface area (Å²) in [4.78, 5) is 14.4. The van der Waals surface area contributed by atoms with Crippen molar-refractivity contribution in [2.45, 2.75) is 31.7 Å². The van der Waals surface area contributed by atoms with Crippen LogP contribution in [0.3, 0.4) is 0 Å². The summed E-state index contributed by atoms with van der Waals surface area (Å²) in [6.07, 6.45) is 3.89. The second-order valence-corrected chi connectivity index (χ2v) is 5.90. The molecule has 0 aromatic heterocycles. The van der Waals surface area contributed by atoms with Crippen molar-refractivity contribution in [1.29, 1.82) is 0 Å². The highest BCUT2D eigenvalue weighted by molar-refractivity contribution is 9.10. The number of halogens is 3. The van der Waals surface area contributed by atoms with E-state index in [1.807, 2.05) is 4.90 Å². The minimum Gasteiger partial charge on any atom is -0.336 e. The Labute approximate surface area is 126 Å². The average molecular weight is 349 g/mol. The minimum atomic E-state index is -0.406. The van der Waals surface area contributed by atoms with Crippen LogP contribution in [0.15, 0.2) is 22.7 Å². The molecule has 1 saturated heterocycles. The standard InChI is InChI=1S/C14H16BrClFNO/c15-13-11(5-3-6-12(13)17)14(19)18-9-2-1-4-10(18)7-8-16/h3,5-6,10H,1-2,4,7-9H2. The molecule has 1 aliphatic heterocycles. The molecule has 1 fully saturated rings. The summed E-state index contributed by atoms with van der Waals surface area (Å²) in [6, 6.07) is 4.73. The highest BCUT2D eigenvalue weighted by atomic mass is 79.9. The Morgan fingerprint density at radius 2 is 2.26 bits per heavy atom. The van der Waals surface area contributed by atoms with E-state index in [2.05, 4.69) is 15.9 Å². The van der Waals surface area contributed by atoms with Crippen LogP contribution in [0.5, 0.6) is 0 Å². The lowest BCUT2D eigenvalue weighted by Crippen LogP contribution is -2.44. The van der Waals surface area contributed by atoms with Crippen molar-refractivity contribution < 1.29 is 9.18 Å². The number of rotatable bonds is 3. The lowest BCUT2D eigenvalue weighted by atomic mass is 9.99. The largest absolute Gasteiger partial charge is 0.336 e. The van der Waals surface area contributed by atoms with Crippen LogP contribution in [0.2, 0.25) is 0 Å². The molecule has 0 saturated carbocycles. The van der Waals surface area contributed by atoms with Crippen LogP contribution in [0.1, 0.15) is 36.0 Å². The number of likely N-dealkylation sites (tertiary alicyclic amines) is 1. The summed E-state index contributed by atoms with van der Waals surface area (Å²) >= 11 is 8.96. The minimum absolute atomic E-state index is 0.110. The van der Waals surface area contributed by atoms with E-state index in [0.717, 1.165) is 32.2 Å². The van der Waals surface area contributed by atoms with E-state index in [1.54, 1.807) is 12.1 Å². The Hall–Kier alpha value is -0.610. The summed E-state index contributed by atoms with van der Waals surface area (Å²) in [5, 5.41) is 0. The van der Waals surface area contributed by atoms with E-state index in [1.165, 1.54) is 6.07 Å². The van der Waals surface area contributed by atoms with E-state index in [9.17, 15) is 9.18 Å². The van der Waals surface area contributed by atoms with Gasteiger partial charge in [-0.2, -0.15) is 0 Å². The number of hydrogen-bond donors (Lipinski definition) is 0. The molecule has 0 radical (unpaired) electrons. The maximum absolute atomic E-state index is 13.5. The molecule has 5 heteroatoms. The predicted octanol–water partition coefficient (Wildman–Crippen LogP) is 4.21. The molecule has 19 heavy (non-hydrogen) atoms. The first-order valence-corrected chi connectivity index (χ1v) is 7.79. The number of benzene rings is 1. The molecule has 1 unspecified atom stereocenters. The van der Waals surface area contributed by atoms with Gasteiger partial charge in [0.25, 0.3) is 5.91 Å². The van der Waals surface area contributed by atoms with E-state index in [0.29, 0.717) is 11.4 Å². The number of carbonyl (C=O) groups is 1. The number of piperidine rings is 1. The quantitative estimate of drug-likeness (QED) is 0.749. The SMILES string of the molecule is O=C(c1cccc(F)c1Br)N1CCCCC1CCCl. The molecule has 1 amide bonds. The van der Waals surface area contributed by atoms with Crippen LogP contribution in [0.4, 0.5) is 4.39 Å². The van der Waals surface area contributed by atoms with Gasteiger partial charge in [0, 0.05) is 18.5 Å². The van der Waals surface area contributed by atoms with Gasteiger partial charge in [0.05, 0.1) is 10.0 Å². The fourth-order valence-electron chi connectivity index (χ4n) is 2.52. The van der Waals surface area contributed by atoms with Gasteiger partial charge >= 0.3 is 0 Å². The van der Waals surface area contributed by atoms with Crippen LogP contribution in [-0.4, -0.2) is 29.3 Å². The zero-order valence-corrected chi connectivity index (χ0v) is 12.9. The van der Waals surface area contributed by atoms with Crippen molar-refractivity contribution in [2.75, 3.05) is 12.4 Å². The Morgan fingerprint density at radius 1 is 1.47 bits per heavy atom. The fourth-order valence-corrected chi connectivity index (χ4v) is 3.20. The molecule has 0 spiro atoms. The van der Waals surface area contributed by atoms with Crippen LogP contribution in [0, 0.1) is 5.82 Å². The number of alkyl halides is 1. The van der Waals surface area contributed by atoms with Gasteiger partial charge in [0.1, 0.15) is 5.82 Å². The number of amides is 1. The molecule has 1 aromatic rings. The van der Waals surface area contributed by atoms with Crippen LogP contribution < -0.4 is 0 Å². The molecular weight excluding hydrogens is 333 g/mol. The van der Waals surface area contributed by atoms with Crippen molar-refractivity contribution in [1.82, 2.24) is 4.90 Å². The summed E-state index contributed by atoms with van der Waals surface area (Å²) in [7, 11) is 0. The number of carbonyl (C=O) groups excluding carboxylic acids is 1. The van der Waals surface area contributed by atoms with Gasteiger partial charge in [-0.05, 0) is 53.7 Å². The van der Waals surface area contributed by atoms with Gasteiger partial charge in [-0.15, -0.1) is 11.6 Å². The fraction of sp³-hybridized carbons (Fsp3) is 0.500. The van der Waals surface area contributed by atoms with Crippen LogP contribution in [-0.2, 0) is 0 Å². The molecule has 2 rings (SSSR count). The molecule has 0 bridgehead atoms. The third-order valence-electron chi connectivity index (χ3n) is 3.51. The van der Waals surface area contributed by atoms with E-state index in [-0.39, 0.29) is 16.4 Å². The highest BCUT2D eigenvalue weighted by Gasteiger charge is 2.28. The smallest absolute Gasteiger partial charge is 0.255 e. The molecular formula is C14H16BrClFNO. The lowest BCUT2D eigenvalue weighted by Gasteiger charge is -2.35. The van der Waals surface area contributed by atoms with E-state index < -0.39 is 5.82 Å². The highest BCUT2D eigenvalue weighted by Crippen LogP contribution is 2.26. The summed E-state index contributed by atoms with van der Waals surface area (Å²) in [5.41, 5.74) is 0.390. The third kappa shape index (κ3) is 3.29. The van der Waals surface area contributed by atoms with Gasteiger partial charge in [0.15, 0.2) is 0 Å². The van der Waals surface area contributed by atoms with Gasteiger partial charge in [-0.1, -0.05) is 6.07 Å². The van der Waals surface area contributed by atoms with Gasteiger partial charge in [-0.3, -0.25) is 4.79 Å². The van der Waals surface area contributed by atoms with E-state index in [4.69, 9.17) is 11.6 Å². The Bertz CT molecular complexity index is 467. The molecule has 0 N–H and O–H groups in total. The topological polar surface area (TPSA) is 20.3 Å². The Balaban J connectivity index is 2.23. The normalized spacial score (nSPS) is 19.5. The van der Waals surface area contributed by atoms with Gasteiger partial charge in [0.2, 0.25) is 0 Å². The number of nitrogens with zero attached hydrogens (tertiary/aromatic N) is 1. The molecule has 1 heterocycles. The van der Waals surface area contributed by atoms with Crippen molar-refractivity contribution in [3.8, 4) is 0 Å².